The van der Waals surface area contributed by atoms with Crippen LogP contribution in [0.15, 0.2) is 83.9 Å². The first kappa shape index (κ1) is 19.0. The largest absolute Gasteiger partial charge is 0.333 e. The lowest BCUT2D eigenvalue weighted by Crippen LogP contribution is -2.34. The number of H-pyrrole nitrogens is 2. The zero-order valence-corrected chi connectivity index (χ0v) is 17.5. The molecule has 0 fully saturated rings. The SMILES string of the molecule is Cc1ccc(-c2ccc(-c3nc4cc[n+](Cc5cccc(=O)[nH]5)cc4[nH]3)cc2)cc1C. The van der Waals surface area contributed by atoms with Crippen LogP contribution in [0.4, 0.5) is 0 Å². The monoisotopic (exact) mass is 407 g/mol. The summed E-state index contributed by atoms with van der Waals surface area (Å²) in [6.07, 6.45) is 3.99. The van der Waals surface area contributed by atoms with Gasteiger partial charge in [-0.1, -0.05) is 48.5 Å². The normalized spacial score (nSPS) is 11.2. The molecule has 0 spiro atoms. The van der Waals surface area contributed by atoms with E-state index in [2.05, 4.69) is 66.3 Å². The number of aromatic amines is 2. The predicted octanol–water partition coefficient (Wildman–Crippen LogP) is 4.54. The third-order valence-electron chi connectivity index (χ3n) is 5.66. The lowest BCUT2D eigenvalue weighted by Gasteiger charge is -2.06. The van der Waals surface area contributed by atoms with Crippen LogP contribution in [0.5, 0.6) is 0 Å². The molecule has 0 aliphatic rings. The Balaban J connectivity index is 1.42. The molecule has 3 aromatic heterocycles. The molecular formula is C26H23N4O+. The second kappa shape index (κ2) is 7.69. The van der Waals surface area contributed by atoms with Crippen LogP contribution < -0.4 is 10.1 Å². The van der Waals surface area contributed by atoms with Crippen molar-refractivity contribution in [1.82, 2.24) is 15.0 Å². The molecule has 0 saturated heterocycles. The van der Waals surface area contributed by atoms with Crippen LogP contribution in [0.3, 0.4) is 0 Å². The summed E-state index contributed by atoms with van der Waals surface area (Å²) in [5.41, 5.74) is 8.69. The van der Waals surface area contributed by atoms with E-state index in [1.54, 1.807) is 6.07 Å². The van der Waals surface area contributed by atoms with Crippen molar-refractivity contribution in [1.29, 1.82) is 0 Å². The quantitative estimate of drug-likeness (QED) is 0.430. The van der Waals surface area contributed by atoms with Crippen LogP contribution in [0, 0.1) is 13.8 Å². The Hall–Kier alpha value is -3.99. The van der Waals surface area contributed by atoms with Gasteiger partial charge in [-0.2, -0.15) is 4.57 Å². The van der Waals surface area contributed by atoms with E-state index in [9.17, 15) is 4.79 Å². The fraction of sp³-hybridized carbons (Fsp3) is 0.115. The molecule has 0 saturated carbocycles. The number of nitrogens with zero attached hydrogens (tertiary/aromatic N) is 2. The molecule has 0 atom stereocenters. The highest BCUT2D eigenvalue weighted by molar-refractivity contribution is 5.78. The van der Waals surface area contributed by atoms with Crippen molar-refractivity contribution < 1.29 is 4.57 Å². The van der Waals surface area contributed by atoms with Crippen molar-refractivity contribution >= 4 is 11.0 Å². The molecule has 152 valence electrons. The second-order valence-corrected chi connectivity index (χ2v) is 7.92. The molecule has 5 nitrogen and oxygen atoms in total. The molecular weight excluding hydrogens is 384 g/mol. The van der Waals surface area contributed by atoms with E-state index in [-0.39, 0.29) is 5.56 Å². The number of hydrogen-bond acceptors (Lipinski definition) is 2. The maximum atomic E-state index is 11.5. The summed E-state index contributed by atoms with van der Waals surface area (Å²) in [6, 6.07) is 22.2. The molecule has 0 amide bonds. The number of fused-ring (bicyclic) bond motifs is 1. The van der Waals surface area contributed by atoms with Gasteiger partial charge in [-0.15, -0.1) is 0 Å². The third kappa shape index (κ3) is 3.90. The minimum Gasteiger partial charge on any atom is -0.333 e. The van der Waals surface area contributed by atoms with Crippen molar-refractivity contribution in [3.8, 4) is 22.5 Å². The van der Waals surface area contributed by atoms with E-state index >= 15 is 0 Å². The Morgan fingerprint density at radius 1 is 0.839 bits per heavy atom. The van der Waals surface area contributed by atoms with Crippen molar-refractivity contribution in [3.63, 3.8) is 0 Å². The molecule has 31 heavy (non-hydrogen) atoms. The van der Waals surface area contributed by atoms with E-state index in [1.807, 2.05) is 29.1 Å². The first-order valence-electron chi connectivity index (χ1n) is 10.3. The summed E-state index contributed by atoms with van der Waals surface area (Å²) in [5.74, 6) is 0.840. The van der Waals surface area contributed by atoms with E-state index in [0.29, 0.717) is 6.54 Å². The molecule has 0 aliphatic carbocycles. The van der Waals surface area contributed by atoms with Gasteiger partial charge in [0, 0.05) is 17.7 Å². The number of imidazole rings is 1. The molecule has 5 heteroatoms. The number of aromatic nitrogens is 4. The maximum absolute atomic E-state index is 11.5. The van der Waals surface area contributed by atoms with E-state index in [4.69, 9.17) is 4.98 Å². The molecule has 3 heterocycles. The van der Waals surface area contributed by atoms with Gasteiger partial charge in [0.05, 0.1) is 5.69 Å². The Morgan fingerprint density at radius 2 is 1.61 bits per heavy atom. The summed E-state index contributed by atoms with van der Waals surface area (Å²) < 4.78 is 2.03. The Kier molecular flexibility index (Phi) is 4.71. The summed E-state index contributed by atoms with van der Waals surface area (Å²) in [5, 5.41) is 0. The maximum Gasteiger partial charge on any atom is 0.248 e. The zero-order chi connectivity index (χ0) is 21.4. The average Bonchev–Trinajstić information content (AvgIpc) is 3.19. The highest BCUT2D eigenvalue weighted by atomic mass is 16.1. The van der Waals surface area contributed by atoms with Gasteiger partial charge >= 0.3 is 0 Å². The van der Waals surface area contributed by atoms with E-state index < -0.39 is 0 Å². The summed E-state index contributed by atoms with van der Waals surface area (Å²) in [4.78, 5) is 22.5. The molecule has 0 aliphatic heterocycles. The standard InChI is InChI=1S/C26H22N4O/c1-17-6-7-21(14-18(17)2)19-8-10-20(11-9-19)26-28-23-12-13-30(16-24(23)29-26)15-22-4-3-5-25(31)27-22/h3-14,16H,15H2,1-2H3,(H,27,31)/p+1. The van der Waals surface area contributed by atoms with Crippen LogP contribution in [-0.2, 0) is 6.54 Å². The molecule has 2 aromatic carbocycles. The van der Waals surface area contributed by atoms with Gasteiger partial charge in [0.1, 0.15) is 16.9 Å². The summed E-state index contributed by atoms with van der Waals surface area (Å²) in [7, 11) is 0. The first-order valence-corrected chi connectivity index (χ1v) is 10.3. The van der Waals surface area contributed by atoms with Gasteiger partial charge in [0.2, 0.25) is 5.56 Å². The number of pyridine rings is 2. The number of hydrogen-bond donors (Lipinski definition) is 2. The number of benzene rings is 2. The fourth-order valence-electron chi connectivity index (χ4n) is 3.76. The first-order chi connectivity index (χ1) is 15.0. The highest BCUT2D eigenvalue weighted by Crippen LogP contribution is 2.26. The van der Waals surface area contributed by atoms with Crippen molar-refractivity contribution in [3.05, 3.63) is 106 Å². The lowest BCUT2D eigenvalue weighted by molar-refractivity contribution is -0.687. The van der Waals surface area contributed by atoms with E-state index in [1.165, 1.54) is 28.3 Å². The summed E-state index contributed by atoms with van der Waals surface area (Å²) >= 11 is 0. The Morgan fingerprint density at radius 3 is 2.39 bits per heavy atom. The van der Waals surface area contributed by atoms with Crippen LogP contribution in [0.25, 0.3) is 33.5 Å². The van der Waals surface area contributed by atoms with Gasteiger partial charge in [-0.25, -0.2) is 4.98 Å². The van der Waals surface area contributed by atoms with Crippen molar-refractivity contribution in [2.45, 2.75) is 20.4 Å². The second-order valence-electron chi connectivity index (χ2n) is 7.92. The molecule has 0 radical (unpaired) electrons. The van der Waals surface area contributed by atoms with Gasteiger partial charge in [-0.3, -0.25) is 4.79 Å². The average molecular weight is 407 g/mol. The zero-order valence-electron chi connectivity index (χ0n) is 17.5. The third-order valence-corrected chi connectivity index (χ3v) is 5.66. The molecule has 0 bridgehead atoms. The van der Waals surface area contributed by atoms with Crippen molar-refractivity contribution in [2.24, 2.45) is 0 Å². The number of rotatable bonds is 4. The Bertz CT molecular complexity index is 1440. The Labute approximate surface area is 180 Å². The van der Waals surface area contributed by atoms with Crippen LogP contribution in [0.1, 0.15) is 16.8 Å². The van der Waals surface area contributed by atoms with Gasteiger partial charge < -0.3 is 9.97 Å². The molecule has 5 rings (SSSR count). The topological polar surface area (TPSA) is 65.4 Å². The van der Waals surface area contributed by atoms with Gasteiger partial charge in [-0.05, 0) is 42.2 Å². The van der Waals surface area contributed by atoms with Crippen LogP contribution in [0.2, 0.25) is 0 Å². The minimum atomic E-state index is -0.0905. The minimum absolute atomic E-state index is 0.0905. The highest BCUT2D eigenvalue weighted by Gasteiger charge is 2.11. The molecule has 2 N–H and O–H groups in total. The number of nitrogens with one attached hydrogen (secondary N) is 2. The van der Waals surface area contributed by atoms with Crippen LogP contribution in [-0.4, -0.2) is 15.0 Å². The smallest absolute Gasteiger partial charge is 0.248 e. The lowest BCUT2D eigenvalue weighted by atomic mass is 9.99. The van der Waals surface area contributed by atoms with E-state index in [0.717, 1.165) is 28.1 Å². The van der Waals surface area contributed by atoms with Crippen molar-refractivity contribution in [2.75, 3.05) is 0 Å². The number of aryl methyl sites for hydroxylation is 2. The fourth-order valence-corrected chi connectivity index (χ4v) is 3.76. The van der Waals surface area contributed by atoms with Gasteiger partial charge in [0.15, 0.2) is 18.9 Å². The predicted molar refractivity (Wildman–Crippen MR) is 123 cm³/mol. The molecule has 5 aromatic rings. The summed E-state index contributed by atoms with van der Waals surface area (Å²) in [6.45, 7) is 4.86. The molecule has 0 unspecified atom stereocenters. The van der Waals surface area contributed by atoms with Crippen LogP contribution >= 0.6 is 0 Å². The van der Waals surface area contributed by atoms with Gasteiger partial charge in [0.25, 0.3) is 0 Å².